The van der Waals surface area contributed by atoms with Gasteiger partial charge in [-0.1, -0.05) is 60.7 Å². The normalized spacial score (nSPS) is 24.7. The van der Waals surface area contributed by atoms with E-state index in [0.717, 1.165) is 23.3 Å². The molecule has 2 saturated heterocycles. The lowest BCUT2D eigenvalue weighted by Gasteiger charge is -2.50. The summed E-state index contributed by atoms with van der Waals surface area (Å²) in [6.45, 7) is 0.189. The Kier molecular flexibility index (Phi) is 7.34. The molecule has 0 amide bonds. The van der Waals surface area contributed by atoms with Crippen molar-refractivity contribution in [3.05, 3.63) is 119 Å². The maximum absolute atomic E-state index is 13.5. The standard InChI is InChI=1S/C31H28F6N4O/c32-30(33,34)24-13-22(14-25(15-24)31(35,36)37)18-42-28-12-11-26-27(40-19-38-39-20-40)16-29(28,23-9-5-2-6-10-23)41(26)17-21-7-3-1-4-8-21/h1-10,13-15,19-20,26-28H,11-12,16-18H2/t26-,27+,28+,29+/m0/s1. The summed E-state index contributed by atoms with van der Waals surface area (Å²) in [5.74, 6) is 0. The minimum atomic E-state index is -4.93. The van der Waals surface area contributed by atoms with E-state index in [-0.39, 0.29) is 23.7 Å². The Bertz CT molecular complexity index is 1460. The van der Waals surface area contributed by atoms with Crippen LogP contribution in [0.15, 0.2) is 91.5 Å². The molecule has 0 spiro atoms. The first-order chi connectivity index (χ1) is 20.1. The van der Waals surface area contributed by atoms with Gasteiger partial charge in [0.15, 0.2) is 0 Å². The number of aromatic nitrogens is 3. The van der Waals surface area contributed by atoms with E-state index >= 15 is 0 Å². The second-order valence-electron chi connectivity index (χ2n) is 10.9. The largest absolute Gasteiger partial charge is 0.416 e. The van der Waals surface area contributed by atoms with Crippen molar-refractivity contribution in [2.45, 2.75) is 68.5 Å². The Balaban J connectivity index is 1.40. The summed E-state index contributed by atoms with van der Waals surface area (Å²) in [5.41, 5.74) is -1.52. The van der Waals surface area contributed by atoms with Crippen LogP contribution in [0.2, 0.25) is 0 Å². The molecule has 6 rings (SSSR count). The molecule has 1 aromatic heterocycles. The fourth-order valence-electron chi connectivity index (χ4n) is 6.74. The molecule has 42 heavy (non-hydrogen) atoms. The van der Waals surface area contributed by atoms with E-state index in [0.29, 0.717) is 25.8 Å². The Hall–Kier alpha value is -3.70. The molecule has 220 valence electrons. The van der Waals surface area contributed by atoms with Crippen LogP contribution in [0.1, 0.15) is 53.1 Å². The van der Waals surface area contributed by atoms with Crippen molar-refractivity contribution in [2.75, 3.05) is 0 Å². The molecular formula is C31H28F6N4O. The number of benzene rings is 3. The lowest BCUT2D eigenvalue weighted by Crippen LogP contribution is -2.56. The summed E-state index contributed by atoms with van der Waals surface area (Å²) in [7, 11) is 0. The zero-order valence-corrected chi connectivity index (χ0v) is 22.4. The highest BCUT2D eigenvalue weighted by Gasteiger charge is 2.60. The molecule has 2 aliphatic heterocycles. The number of piperidine rings is 1. The number of rotatable bonds is 7. The topological polar surface area (TPSA) is 43.2 Å². The summed E-state index contributed by atoms with van der Waals surface area (Å²) in [6, 6.07) is 21.4. The molecule has 2 fully saturated rings. The summed E-state index contributed by atoms with van der Waals surface area (Å²) in [4.78, 5) is 2.39. The third kappa shape index (κ3) is 5.31. The molecule has 3 aromatic carbocycles. The summed E-state index contributed by atoms with van der Waals surface area (Å²) < 4.78 is 89.7. The molecule has 2 bridgehead atoms. The Morgan fingerprint density at radius 2 is 1.33 bits per heavy atom. The van der Waals surface area contributed by atoms with E-state index in [9.17, 15) is 26.3 Å². The van der Waals surface area contributed by atoms with Crippen LogP contribution in [0.4, 0.5) is 26.3 Å². The van der Waals surface area contributed by atoms with E-state index in [1.54, 1.807) is 12.7 Å². The fraction of sp³-hybridized carbons (Fsp3) is 0.355. The highest BCUT2D eigenvalue weighted by atomic mass is 19.4. The molecule has 0 radical (unpaired) electrons. The van der Waals surface area contributed by atoms with Gasteiger partial charge in [0, 0.05) is 12.6 Å². The number of hydrogen-bond donors (Lipinski definition) is 0. The maximum atomic E-state index is 13.5. The van der Waals surface area contributed by atoms with Gasteiger partial charge >= 0.3 is 12.4 Å². The van der Waals surface area contributed by atoms with Crippen LogP contribution in [-0.2, 0) is 35.8 Å². The van der Waals surface area contributed by atoms with Gasteiger partial charge in [-0.25, -0.2) is 0 Å². The predicted molar refractivity (Wildman–Crippen MR) is 142 cm³/mol. The molecule has 5 nitrogen and oxygen atoms in total. The average molecular weight is 587 g/mol. The quantitative estimate of drug-likeness (QED) is 0.212. The Labute approximate surface area is 238 Å². The van der Waals surface area contributed by atoms with Crippen molar-refractivity contribution in [3.63, 3.8) is 0 Å². The second-order valence-corrected chi connectivity index (χ2v) is 10.9. The van der Waals surface area contributed by atoms with Gasteiger partial charge in [-0.3, -0.25) is 4.90 Å². The van der Waals surface area contributed by atoms with Crippen LogP contribution in [0.25, 0.3) is 0 Å². The number of ether oxygens (including phenoxy) is 1. The highest BCUT2D eigenvalue weighted by Crippen LogP contribution is 2.56. The van der Waals surface area contributed by atoms with Crippen molar-refractivity contribution < 1.29 is 31.1 Å². The molecule has 0 unspecified atom stereocenters. The van der Waals surface area contributed by atoms with Crippen molar-refractivity contribution in [1.82, 2.24) is 19.7 Å². The highest BCUT2D eigenvalue weighted by molar-refractivity contribution is 5.35. The number of alkyl halides is 6. The molecule has 3 heterocycles. The molecule has 0 saturated carbocycles. The van der Waals surface area contributed by atoms with Crippen molar-refractivity contribution in [3.8, 4) is 0 Å². The third-order valence-corrected chi connectivity index (χ3v) is 8.52. The first kappa shape index (κ1) is 28.4. The van der Waals surface area contributed by atoms with Crippen molar-refractivity contribution >= 4 is 0 Å². The first-order valence-corrected chi connectivity index (χ1v) is 13.7. The van der Waals surface area contributed by atoms with Gasteiger partial charge in [0.2, 0.25) is 0 Å². The minimum Gasteiger partial charge on any atom is -0.371 e. The van der Waals surface area contributed by atoms with Crippen LogP contribution in [0.3, 0.4) is 0 Å². The third-order valence-electron chi connectivity index (χ3n) is 8.52. The zero-order valence-electron chi connectivity index (χ0n) is 22.4. The van der Waals surface area contributed by atoms with Gasteiger partial charge in [0.1, 0.15) is 12.7 Å². The molecule has 0 N–H and O–H groups in total. The SMILES string of the molecule is FC(F)(F)c1cc(CO[C@@H]2CC[C@H]3[C@H](n4cnnc4)C[C@]2(c2ccccc2)N3Cc2ccccc2)cc(C(F)(F)F)c1. The molecule has 2 aliphatic rings. The van der Waals surface area contributed by atoms with Crippen LogP contribution >= 0.6 is 0 Å². The number of nitrogens with zero attached hydrogens (tertiary/aromatic N) is 4. The van der Waals surface area contributed by atoms with E-state index < -0.39 is 41.7 Å². The van der Waals surface area contributed by atoms with E-state index in [2.05, 4.69) is 15.1 Å². The van der Waals surface area contributed by atoms with E-state index in [1.165, 1.54) is 0 Å². The van der Waals surface area contributed by atoms with Crippen LogP contribution in [-0.4, -0.2) is 31.8 Å². The van der Waals surface area contributed by atoms with Gasteiger partial charge in [-0.15, -0.1) is 10.2 Å². The molecular weight excluding hydrogens is 558 g/mol. The van der Waals surface area contributed by atoms with Crippen LogP contribution < -0.4 is 0 Å². The molecule has 4 aromatic rings. The monoisotopic (exact) mass is 586 g/mol. The smallest absolute Gasteiger partial charge is 0.371 e. The summed E-state index contributed by atoms with van der Waals surface area (Å²) in [6.07, 6.45) is -5.10. The van der Waals surface area contributed by atoms with Crippen molar-refractivity contribution in [1.29, 1.82) is 0 Å². The average Bonchev–Trinajstić information content (AvgIpc) is 3.57. The maximum Gasteiger partial charge on any atom is 0.416 e. The van der Waals surface area contributed by atoms with Gasteiger partial charge in [0.25, 0.3) is 0 Å². The number of hydrogen-bond acceptors (Lipinski definition) is 4. The van der Waals surface area contributed by atoms with Gasteiger partial charge < -0.3 is 9.30 Å². The van der Waals surface area contributed by atoms with E-state index in [1.807, 2.05) is 65.2 Å². The van der Waals surface area contributed by atoms with Gasteiger partial charge in [-0.2, -0.15) is 26.3 Å². The zero-order chi connectivity index (χ0) is 29.5. The molecule has 4 atom stereocenters. The van der Waals surface area contributed by atoms with Crippen LogP contribution in [0.5, 0.6) is 0 Å². The van der Waals surface area contributed by atoms with Gasteiger partial charge in [0.05, 0.1) is 35.4 Å². The lowest BCUT2D eigenvalue weighted by molar-refractivity contribution is -0.143. The van der Waals surface area contributed by atoms with Crippen molar-refractivity contribution in [2.24, 2.45) is 0 Å². The number of halogens is 6. The van der Waals surface area contributed by atoms with Gasteiger partial charge in [-0.05, 0) is 54.2 Å². The predicted octanol–water partition coefficient (Wildman–Crippen LogP) is 7.41. The number of fused-ring (bicyclic) bond motifs is 2. The second kappa shape index (κ2) is 10.9. The molecule has 0 aliphatic carbocycles. The Morgan fingerprint density at radius 3 is 1.93 bits per heavy atom. The fourth-order valence-corrected chi connectivity index (χ4v) is 6.74. The van der Waals surface area contributed by atoms with Crippen LogP contribution in [0, 0.1) is 0 Å². The first-order valence-electron chi connectivity index (χ1n) is 13.7. The molecule has 11 heteroatoms. The minimum absolute atomic E-state index is 0.0112. The summed E-state index contributed by atoms with van der Waals surface area (Å²) in [5, 5.41) is 8.03. The van der Waals surface area contributed by atoms with E-state index in [4.69, 9.17) is 4.74 Å². The lowest BCUT2D eigenvalue weighted by atomic mass is 9.78. The summed E-state index contributed by atoms with van der Waals surface area (Å²) >= 11 is 0. The Morgan fingerprint density at radius 1 is 0.738 bits per heavy atom.